The minimum Gasteiger partial charge on any atom is -0.481 e. The molecule has 1 N–H and O–H groups in total. The van der Waals surface area contributed by atoms with Gasteiger partial charge in [-0.15, -0.1) is 0 Å². The second-order valence-electron chi connectivity index (χ2n) is 5.47. The van der Waals surface area contributed by atoms with E-state index in [0.717, 1.165) is 11.3 Å². The number of aromatic nitrogens is 2. The number of carbonyl (C=O) groups is 1. The Bertz CT molecular complexity index is 969. The highest BCUT2D eigenvalue weighted by Crippen LogP contribution is 2.27. The van der Waals surface area contributed by atoms with E-state index >= 15 is 0 Å². The normalized spacial score (nSPS) is 11.6. The zero-order valence-electron chi connectivity index (χ0n) is 13.3. The Balaban J connectivity index is 2.13. The quantitative estimate of drug-likeness (QED) is 0.795. The summed E-state index contributed by atoms with van der Waals surface area (Å²) in [5, 5.41) is 18.3. The number of carboxylic acid groups (broad SMARTS) is 1. The first-order chi connectivity index (χ1) is 11.5. The predicted octanol–water partition coefficient (Wildman–Crippen LogP) is 3.36. The van der Waals surface area contributed by atoms with Crippen LogP contribution in [-0.4, -0.2) is 20.6 Å². The molecule has 6 heteroatoms. The number of hydrogen-bond donors (Lipinski definition) is 1. The molecule has 0 saturated heterocycles. The molecule has 24 heavy (non-hydrogen) atoms. The molecular formula is C18H15N3O3. The third kappa shape index (κ3) is 2.79. The summed E-state index contributed by atoms with van der Waals surface area (Å²) in [6.45, 7) is 1.87. The van der Waals surface area contributed by atoms with Gasteiger partial charge in [-0.05, 0) is 36.8 Å². The van der Waals surface area contributed by atoms with Crippen molar-refractivity contribution in [1.29, 1.82) is 5.26 Å². The van der Waals surface area contributed by atoms with E-state index in [4.69, 9.17) is 9.68 Å². The summed E-state index contributed by atoms with van der Waals surface area (Å²) in [4.78, 5) is 15.6. The van der Waals surface area contributed by atoms with Crippen molar-refractivity contribution in [3.63, 3.8) is 0 Å². The summed E-state index contributed by atoms with van der Waals surface area (Å²) in [6.07, 6.45) is 1.50. The third-order valence-corrected chi connectivity index (χ3v) is 3.93. The van der Waals surface area contributed by atoms with Crippen LogP contribution in [0.15, 0.2) is 34.7 Å². The first kappa shape index (κ1) is 15.6. The van der Waals surface area contributed by atoms with Crippen molar-refractivity contribution in [2.45, 2.75) is 13.3 Å². The number of fused-ring (bicyclic) bond motifs is 1. The van der Waals surface area contributed by atoms with Crippen LogP contribution in [0.2, 0.25) is 0 Å². The van der Waals surface area contributed by atoms with Crippen molar-refractivity contribution in [3.05, 3.63) is 53.2 Å². The van der Waals surface area contributed by atoms with Gasteiger partial charge >= 0.3 is 5.97 Å². The lowest BCUT2D eigenvalue weighted by Crippen LogP contribution is -1.98. The van der Waals surface area contributed by atoms with E-state index in [2.05, 4.69) is 11.1 Å². The lowest BCUT2D eigenvalue weighted by atomic mass is 10.1. The minimum atomic E-state index is -0.974. The van der Waals surface area contributed by atoms with E-state index < -0.39 is 5.97 Å². The van der Waals surface area contributed by atoms with Gasteiger partial charge in [-0.25, -0.2) is 4.98 Å². The zero-order chi connectivity index (χ0) is 17.3. The fraction of sp³-hybridized carbons (Fsp3) is 0.167. The highest BCUT2D eigenvalue weighted by Gasteiger charge is 2.16. The van der Waals surface area contributed by atoms with E-state index in [1.165, 1.54) is 0 Å². The molecule has 0 bridgehead atoms. The summed E-state index contributed by atoms with van der Waals surface area (Å²) in [5.74, 6) is -0.696. The summed E-state index contributed by atoms with van der Waals surface area (Å²) in [7, 11) is 1.79. The van der Waals surface area contributed by atoms with E-state index in [0.29, 0.717) is 22.4 Å². The molecule has 0 fully saturated rings. The van der Waals surface area contributed by atoms with Crippen molar-refractivity contribution in [2.24, 2.45) is 7.05 Å². The van der Waals surface area contributed by atoms with Crippen molar-refractivity contribution < 1.29 is 14.3 Å². The van der Waals surface area contributed by atoms with Crippen LogP contribution < -0.4 is 0 Å². The molecule has 0 spiro atoms. The Kier molecular flexibility index (Phi) is 3.92. The van der Waals surface area contributed by atoms with Crippen LogP contribution >= 0.6 is 0 Å². The molecule has 0 aliphatic rings. The van der Waals surface area contributed by atoms with Crippen molar-refractivity contribution >= 4 is 28.7 Å². The standard InChI is InChI=1S/C18H15N3O3/c1-11-12(8-14(10-19)21(11)2)7-13(9-17(22)23)18-20-15-5-3-4-6-16(15)24-18/h3-8H,9H2,1-2H3,(H,22,23)/b13-7+. The number of aliphatic carboxylic acids is 1. The number of carboxylic acids is 1. The van der Waals surface area contributed by atoms with Gasteiger partial charge in [0, 0.05) is 18.3 Å². The molecular weight excluding hydrogens is 306 g/mol. The molecule has 1 aromatic carbocycles. The van der Waals surface area contributed by atoms with Gasteiger partial charge in [0.05, 0.1) is 6.42 Å². The van der Waals surface area contributed by atoms with Gasteiger partial charge in [0.15, 0.2) is 5.58 Å². The Morgan fingerprint density at radius 2 is 2.21 bits per heavy atom. The largest absolute Gasteiger partial charge is 0.481 e. The SMILES string of the molecule is Cc1c(/C=C(\CC(=O)O)c2nc3ccccc3o2)cc(C#N)n1C. The molecule has 6 nitrogen and oxygen atoms in total. The molecule has 0 saturated carbocycles. The maximum absolute atomic E-state index is 11.2. The van der Waals surface area contributed by atoms with Crippen LogP contribution in [-0.2, 0) is 11.8 Å². The van der Waals surface area contributed by atoms with Crippen molar-refractivity contribution in [2.75, 3.05) is 0 Å². The van der Waals surface area contributed by atoms with Gasteiger partial charge in [-0.2, -0.15) is 5.26 Å². The average Bonchev–Trinajstić information content (AvgIpc) is 3.10. The van der Waals surface area contributed by atoms with Gasteiger partial charge in [0.2, 0.25) is 5.89 Å². The Hall–Kier alpha value is -3.33. The fourth-order valence-corrected chi connectivity index (χ4v) is 2.52. The first-order valence-corrected chi connectivity index (χ1v) is 7.34. The van der Waals surface area contributed by atoms with Crippen molar-refractivity contribution in [1.82, 2.24) is 9.55 Å². The summed E-state index contributed by atoms with van der Waals surface area (Å²) < 4.78 is 7.45. The smallest absolute Gasteiger partial charge is 0.308 e. The molecule has 0 atom stereocenters. The van der Waals surface area contributed by atoms with Crippen LogP contribution in [0.25, 0.3) is 22.7 Å². The molecule has 3 rings (SSSR count). The number of nitrogens with zero attached hydrogens (tertiary/aromatic N) is 3. The summed E-state index contributed by atoms with van der Waals surface area (Å²) >= 11 is 0. The molecule has 2 aromatic heterocycles. The first-order valence-electron chi connectivity index (χ1n) is 7.34. The zero-order valence-corrected chi connectivity index (χ0v) is 13.3. The van der Waals surface area contributed by atoms with Crippen LogP contribution in [0.5, 0.6) is 0 Å². The molecule has 0 amide bonds. The summed E-state index contributed by atoms with van der Waals surface area (Å²) in [6, 6.07) is 11.1. The molecule has 0 radical (unpaired) electrons. The van der Waals surface area contributed by atoms with Crippen LogP contribution in [0.4, 0.5) is 0 Å². The lowest BCUT2D eigenvalue weighted by Gasteiger charge is -2.01. The predicted molar refractivity (Wildman–Crippen MR) is 89.0 cm³/mol. The van der Waals surface area contributed by atoms with Gasteiger partial charge in [-0.1, -0.05) is 12.1 Å². The number of para-hydroxylation sites is 2. The monoisotopic (exact) mass is 321 g/mol. The Labute approximate surface area is 138 Å². The number of benzene rings is 1. The second-order valence-corrected chi connectivity index (χ2v) is 5.47. The maximum Gasteiger partial charge on any atom is 0.308 e. The van der Waals surface area contributed by atoms with E-state index in [9.17, 15) is 9.90 Å². The van der Waals surface area contributed by atoms with Gasteiger partial charge in [0.25, 0.3) is 0 Å². The van der Waals surface area contributed by atoms with E-state index in [1.807, 2.05) is 25.1 Å². The second kappa shape index (κ2) is 6.05. The maximum atomic E-state index is 11.2. The van der Waals surface area contributed by atoms with Crippen LogP contribution in [0.3, 0.4) is 0 Å². The van der Waals surface area contributed by atoms with Gasteiger partial charge < -0.3 is 14.1 Å². The number of oxazole rings is 1. The number of rotatable bonds is 4. The molecule has 0 unspecified atom stereocenters. The van der Waals surface area contributed by atoms with Gasteiger partial charge in [0.1, 0.15) is 17.3 Å². The van der Waals surface area contributed by atoms with Crippen molar-refractivity contribution in [3.8, 4) is 6.07 Å². The highest BCUT2D eigenvalue weighted by molar-refractivity contribution is 5.91. The molecule has 120 valence electrons. The minimum absolute atomic E-state index is 0.219. The molecule has 2 heterocycles. The van der Waals surface area contributed by atoms with Gasteiger partial charge in [-0.3, -0.25) is 4.79 Å². The topological polar surface area (TPSA) is 92.1 Å². The Morgan fingerprint density at radius 3 is 2.83 bits per heavy atom. The highest BCUT2D eigenvalue weighted by atomic mass is 16.4. The third-order valence-electron chi connectivity index (χ3n) is 3.93. The van der Waals surface area contributed by atoms with E-state index in [1.54, 1.807) is 29.8 Å². The fourth-order valence-electron chi connectivity index (χ4n) is 2.52. The van der Waals surface area contributed by atoms with Crippen LogP contribution in [0, 0.1) is 18.3 Å². The lowest BCUT2D eigenvalue weighted by molar-refractivity contribution is -0.135. The number of nitriles is 1. The summed E-state index contributed by atoms with van der Waals surface area (Å²) in [5.41, 5.74) is 3.87. The molecule has 0 aliphatic heterocycles. The molecule has 0 aliphatic carbocycles. The van der Waals surface area contributed by atoms with E-state index in [-0.39, 0.29) is 12.3 Å². The Morgan fingerprint density at radius 1 is 1.46 bits per heavy atom. The average molecular weight is 321 g/mol. The molecule has 3 aromatic rings. The number of hydrogen-bond acceptors (Lipinski definition) is 4. The van der Waals surface area contributed by atoms with Crippen LogP contribution in [0.1, 0.15) is 29.3 Å².